The van der Waals surface area contributed by atoms with Crippen molar-refractivity contribution in [3.05, 3.63) is 29.3 Å². The van der Waals surface area contributed by atoms with Crippen LogP contribution in [-0.4, -0.2) is 28.3 Å². The second-order valence-corrected chi connectivity index (χ2v) is 6.97. The molecule has 1 saturated carbocycles. The van der Waals surface area contributed by atoms with Gasteiger partial charge in [0.2, 0.25) is 0 Å². The van der Waals surface area contributed by atoms with Gasteiger partial charge in [0.15, 0.2) is 0 Å². The van der Waals surface area contributed by atoms with E-state index in [1.54, 1.807) is 11.3 Å². The lowest BCUT2D eigenvalue weighted by Crippen LogP contribution is -2.40. The highest BCUT2D eigenvalue weighted by molar-refractivity contribution is 7.18. The minimum Gasteiger partial charge on any atom is -0.393 e. The maximum atomic E-state index is 9.54. The summed E-state index contributed by atoms with van der Waals surface area (Å²) in [7, 11) is 0. The number of hydrogen-bond acceptors (Lipinski definition) is 4. The van der Waals surface area contributed by atoms with Crippen LogP contribution in [0.4, 0.5) is 0 Å². The first kappa shape index (κ1) is 14.0. The molecule has 1 aromatic heterocycles. The minimum absolute atomic E-state index is 0.0763. The fourth-order valence-electron chi connectivity index (χ4n) is 2.97. The Balaban J connectivity index is 1.56. The van der Waals surface area contributed by atoms with E-state index in [0.717, 1.165) is 37.6 Å². The summed E-state index contributed by atoms with van der Waals surface area (Å²) >= 11 is 1.80. The predicted molar refractivity (Wildman–Crippen MR) is 84.2 cm³/mol. The molecule has 0 amide bonds. The number of benzene rings is 1. The van der Waals surface area contributed by atoms with Gasteiger partial charge in [-0.2, -0.15) is 0 Å². The Labute approximate surface area is 124 Å². The Morgan fingerprint density at radius 2 is 2.05 bits per heavy atom. The van der Waals surface area contributed by atoms with E-state index >= 15 is 0 Å². The van der Waals surface area contributed by atoms with E-state index < -0.39 is 0 Å². The SMILES string of the molecule is CC(Cc1nc2ccccc2s1)NC1CCC(O)CC1. The van der Waals surface area contributed by atoms with E-state index in [9.17, 15) is 5.11 Å². The van der Waals surface area contributed by atoms with Gasteiger partial charge in [-0.05, 0) is 44.7 Å². The van der Waals surface area contributed by atoms with Gasteiger partial charge in [-0.25, -0.2) is 4.98 Å². The summed E-state index contributed by atoms with van der Waals surface area (Å²) in [4.78, 5) is 4.70. The Hall–Kier alpha value is -0.970. The summed E-state index contributed by atoms with van der Waals surface area (Å²) in [6.45, 7) is 2.23. The summed E-state index contributed by atoms with van der Waals surface area (Å²) in [5, 5.41) is 14.4. The van der Waals surface area contributed by atoms with Crippen LogP contribution in [0.5, 0.6) is 0 Å². The van der Waals surface area contributed by atoms with E-state index in [1.807, 2.05) is 6.07 Å². The van der Waals surface area contributed by atoms with E-state index in [2.05, 4.69) is 30.4 Å². The van der Waals surface area contributed by atoms with Crippen LogP contribution in [0.1, 0.15) is 37.6 Å². The van der Waals surface area contributed by atoms with Crippen molar-refractivity contribution in [2.45, 2.75) is 57.2 Å². The maximum absolute atomic E-state index is 9.54. The van der Waals surface area contributed by atoms with Crippen LogP contribution in [0.15, 0.2) is 24.3 Å². The fourth-order valence-corrected chi connectivity index (χ4v) is 4.07. The zero-order chi connectivity index (χ0) is 13.9. The van der Waals surface area contributed by atoms with Gasteiger partial charge >= 0.3 is 0 Å². The van der Waals surface area contributed by atoms with Crippen molar-refractivity contribution in [3.63, 3.8) is 0 Å². The number of para-hydroxylation sites is 1. The second kappa shape index (κ2) is 6.20. The van der Waals surface area contributed by atoms with Gasteiger partial charge in [0, 0.05) is 18.5 Å². The predicted octanol–water partition coefficient (Wildman–Crippen LogP) is 3.12. The summed E-state index contributed by atoms with van der Waals surface area (Å²) in [6.07, 6.45) is 4.96. The van der Waals surface area contributed by atoms with Gasteiger partial charge in [0.05, 0.1) is 21.3 Å². The van der Waals surface area contributed by atoms with E-state index in [-0.39, 0.29) is 6.10 Å². The van der Waals surface area contributed by atoms with Crippen LogP contribution in [0, 0.1) is 0 Å². The molecule has 2 aromatic rings. The summed E-state index contributed by atoms with van der Waals surface area (Å²) in [5.74, 6) is 0. The first-order valence-electron chi connectivity index (χ1n) is 7.49. The van der Waals surface area contributed by atoms with Gasteiger partial charge in [-0.1, -0.05) is 12.1 Å². The van der Waals surface area contributed by atoms with Gasteiger partial charge in [-0.3, -0.25) is 0 Å². The van der Waals surface area contributed by atoms with Crippen LogP contribution in [0.2, 0.25) is 0 Å². The van der Waals surface area contributed by atoms with Gasteiger partial charge in [0.25, 0.3) is 0 Å². The molecule has 0 bridgehead atoms. The minimum atomic E-state index is -0.0763. The molecule has 1 unspecified atom stereocenters. The molecular formula is C16H22N2OS. The number of aliphatic hydroxyl groups excluding tert-OH is 1. The molecule has 4 heteroatoms. The molecule has 0 aliphatic heterocycles. The average Bonchev–Trinajstić information content (AvgIpc) is 2.83. The Kier molecular flexibility index (Phi) is 4.34. The number of nitrogens with zero attached hydrogens (tertiary/aromatic N) is 1. The van der Waals surface area contributed by atoms with Gasteiger partial charge in [0.1, 0.15) is 0 Å². The highest BCUT2D eigenvalue weighted by Gasteiger charge is 2.20. The van der Waals surface area contributed by atoms with Crippen molar-refractivity contribution in [1.82, 2.24) is 10.3 Å². The molecule has 20 heavy (non-hydrogen) atoms. The molecule has 3 nitrogen and oxygen atoms in total. The van der Waals surface area contributed by atoms with Crippen LogP contribution in [0.3, 0.4) is 0 Å². The first-order valence-corrected chi connectivity index (χ1v) is 8.31. The molecule has 0 spiro atoms. The molecule has 0 radical (unpaired) electrons. The topological polar surface area (TPSA) is 45.2 Å². The molecule has 1 aliphatic rings. The van der Waals surface area contributed by atoms with Gasteiger partial charge in [-0.15, -0.1) is 11.3 Å². The molecule has 0 saturated heterocycles. The first-order chi connectivity index (χ1) is 9.70. The second-order valence-electron chi connectivity index (χ2n) is 5.85. The summed E-state index contributed by atoms with van der Waals surface area (Å²) in [6, 6.07) is 9.33. The average molecular weight is 290 g/mol. The fraction of sp³-hybridized carbons (Fsp3) is 0.562. The van der Waals surface area contributed by atoms with Crippen LogP contribution >= 0.6 is 11.3 Å². The number of rotatable bonds is 4. The van der Waals surface area contributed by atoms with Gasteiger partial charge < -0.3 is 10.4 Å². The van der Waals surface area contributed by atoms with Crippen molar-refractivity contribution in [2.75, 3.05) is 0 Å². The number of aromatic nitrogens is 1. The van der Waals surface area contributed by atoms with Crippen molar-refractivity contribution in [2.24, 2.45) is 0 Å². The largest absolute Gasteiger partial charge is 0.393 e. The Morgan fingerprint density at radius 3 is 2.80 bits per heavy atom. The zero-order valence-electron chi connectivity index (χ0n) is 11.9. The van der Waals surface area contributed by atoms with Crippen LogP contribution < -0.4 is 5.32 Å². The highest BCUT2D eigenvalue weighted by atomic mass is 32.1. The monoisotopic (exact) mass is 290 g/mol. The molecule has 1 atom stereocenters. The van der Waals surface area contributed by atoms with E-state index in [1.165, 1.54) is 9.71 Å². The maximum Gasteiger partial charge on any atom is 0.0954 e. The number of thiazole rings is 1. The van der Waals surface area contributed by atoms with Crippen molar-refractivity contribution in [1.29, 1.82) is 0 Å². The Bertz CT molecular complexity index is 527. The van der Waals surface area contributed by atoms with Crippen molar-refractivity contribution >= 4 is 21.6 Å². The highest BCUT2D eigenvalue weighted by Crippen LogP contribution is 2.23. The Morgan fingerprint density at radius 1 is 1.30 bits per heavy atom. The van der Waals surface area contributed by atoms with Crippen molar-refractivity contribution < 1.29 is 5.11 Å². The smallest absolute Gasteiger partial charge is 0.0954 e. The molecule has 1 aromatic carbocycles. The number of nitrogens with one attached hydrogen (secondary N) is 1. The summed E-state index contributed by atoms with van der Waals surface area (Å²) in [5.41, 5.74) is 1.11. The van der Waals surface area contributed by atoms with Crippen LogP contribution in [-0.2, 0) is 6.42 Å². The lowest BCUT2D eigenvalue weighted by Gasteiger charge is -2.28. The quantitative estimate of drug-likeness (QED) is 0.909. The summed E-state index contributed by atoms with van der Waals surface area (Å²) < 4.78 is 1.27. The number of fused-ring (bicyclic) bond motifs is 1. The molecule has 1 aliphatic carbocycles. The third-order valence-electron chi connectivity index (χ3n) is 4.04. The zero-order valence-corrected chi connectivity index (χ0v) is 12.7. The third kappa shape index (κ3) is 3.37. The van der Waals surface area contributed by atoms with Crippen molar-refractivity contribution in [3.8, 4) is 0 Å². The van der Waals surface area contributed by atoms with E-state index in [4.69, 9.17) is 4.98 Å². The molecule has 1 fully saturated rings. The molecule has 3 rings (SSSR count). The number of hydrogen-bond donors (Lipinski definition) is 2. The molecular weight excluding hydrogens is 268 g/mol. The molecule has 2 N–H and O–H groups in total. The lowest BCUT2D eigenvalue weighted by molar-refractivity contribution is 0.114. The normalized spacial score (nSPS) is 24.9. The lowest BCUT2D eigenvalue weighted by atomic mass is 9.92. The van der Waals surface area contributed by atoms with Crippen LogP contribution in [0.25, 0.3) is 10.2 Å². The number of aliphatic hydroxyl groups is 1. The molecule has 1 heterocycles. The standard InChI is InChI=1S/C16H22N2OS/c1-11(17-12-6-8-13(19)9-7-12)10-16-18-14-4-2-3-5-15(14)20-16/h2-5,11-13,17,19H,6-10H2,1H3. The third-order valence-corrected chi connectivity index (χ3v) is 5.09. The van der Waals surface area contributed by atoms with E-state index in [0.29, 0.717) is 12.1 Å². The molecule has 108 valence electrons.